The van der Waals surface area contributed by atoms with Gasteiger partial charge < -0.3 is 4.90 Å². The lowest BCUT2D eigenvalue weighted by Crippen LogP contribution is -2.33. The Morgan fingerprint density at radius 1 is 1.03 bits per heavy atom. The SMILES string of the molecule is O=C(CCC1CCN(Cc2cccc([N+](=O)[O-])c2)CC1)c1cc2c3c(c1)CCN3C(=O)CC2. The number of nitro groups is 1. The molecule has 2 aromatic rings. The van der Waals surface area contributed by atoms with Crippen LogP contribution in [0.25, 0.3) is 0 Å². The molecule has 7 heteroatoms. The van der Waals surface area contributed by atoms with Crippen LogP contribution in [0.3, 0.4) is 0 Å². The minimum Gasteiger partial charge on any atom is -0.312 e. The zero-order valence-corrected chi connectivity index (χ0v) is 18.8. The number of amides is 1. The molecule has 0 saturated carbocycles. The van der Waals surface area contributed by atoms with Crippen molar-refractivity contribution < 1.29 is 14.5 Å². The van der Waals surface area contributed by atoms with E-state index in [1.54, 1.807) is 12.1 Å². The first-order valence-electron chi connectivity index (χ1n) is 11.9. The van der Waals surface area contributed by atoms with Crippen LogP contribution < -0.4 is 4.90 Å². The largest absolute Gasteiger partial charge is 0.312 e. The molecular weight excluding hydrogens is 418 g/mol. The number of non-ortho nitro benzene ring substituents is 1. The first-order chi connectivity index (χ1) is 16.0. The molecule has 0 N–H and O–H groups in total. The van der Waals surface area contributed by atoms with Crippen LogP contribution in [0.1, 0.15) is 59.2 Å². The van der Waals surface area contributed by atoms with Gasteiger partial charge in [-0.2, -0.15) is 0 Å². The molecule has 0 unspecified atom stereocenters. The second-order valence-electron chi connectivity index (χ2n) is 9.55. The van der Waals surface area contributed by atoms with Gasteiger partial charge in [0.25, 0.3) is 5.69 Å². The Balaban J connectivity index is 1.13. The number of likely N-dealkylation sites (tertiary alicyclic amines) is 1. The molecule has 0 radical (unpaired) electrons. The van der Waals surface area contributed by atoms with Gasteiger partial charge in [-0.05, 0) is 79.9 Å². The van der Waals surface area contributed by atoms with Gasteiger partial charge in [0, 0.05) is 43.6 Å². The van der Waals surface area contributed by atoms with Gasteiger partial charge in [-0.15, -0.1) is 0 Å². The number of nitrogens with zero attached hydrogens (tertiary/aromatic N) is 3. The van der Waals surface area contributed by atoms with Gasteiger partial charge in [-0.3, -0.25) is 24.6 Å². The highest BCUT2D eigenvalue weighted by Crippen LogP contribution is 2.38. The predicted octanol–water partition coefficient (Wildman–Crippen LogP) is 4.31. The number of rotatable bonds is 7. The van der Waals surface area contributed by atoms with E-state index in [1.807, 2.05) is 23.1 Å². The molecule has 7 nitrogen and oxygen atoms in total. The zero-order chi connectivity index (χ0) is 22.9. The summed E-state index contributed by atoms with van der Waals surface area (Å²) in [5.74, 6) is 0.955. The second-order valence-corrected chi connectivity index (χ2v) is 9.55. The molecule has 3 aliphatic rings. The minimum atomic E-state index is -0.349. The quantitative estimate of drug-likeness (QED) is 0.359. The monoisotopic (exact) mass is 447 g/mol. The van der Waals surface area contributed by atoms with Crippen molar-refractivity contribution in [2.45, 2.75) is 51.5 Å². The number of nitro benzene ring substituents is 1. The fraction of sp³-hybridized carbons (Fsp3) is 0.462. The van der Waals surface area contributed by atoms with Crippen LogP contribution in [-0.4, -0.2) is 41.1 Å². The van der Waals surface area contributed by atoms with Gasteiger partial charge in [0.1, 0.15) is 0 Å². The van der Waals surface area contributed by atoms with Crippen LogP contribution in [0.5, 0.6) is 0 Å². The highest BCUT2D eigenvalue weighted by Gasteiger charge is 2.32. The highest BCUT2D eigenvalue weighted by molar-refractivity contribution is 6.02. The maximum absolute atomic E-state index is 13.0. The van der Waals surface area contributed by atoms with Crippen molar-refractivity contribution >= 4 is 23.1 Å². The number of hydrogen-bond donors (Lipinski definition) is 0. The van der Waals surface area contributed by atoms with Gasteiger partial charge in [0.05, 0.1) is 10.6 Å². The van der Waals surface area contributed by atoms with Crippen LogP contribution >= 0.6 is 0 Å². The molecule has 0 aliphatic carbocycles. The Morgan fingerprint density at radius 3 is 2.55 bits per heavy atom. The molecule has 1 saturated heterocycles. The number of hydrogen-bond acceptors (Lipinski definition) is 5. The summed E-state index contributed by atoms with van der Waals surface area (Å²) in [6, 6.07) is 10.9. The third kappa shape index (κ3) is 4.55. The fourth-order valence-electron chi connectivity index (χ4n) is 5.56. The summed E-state index contributed by atoms with van der Waals surface area (Å²) < 4.78 is 0. The molecule has 1 amide bonds. The van der Waals surface area contributed by atoms with Crippen molar-refractivity contribution in [1.82, 2.24) is 4.90 Å². The number of piperidine rings is 1. The first-order valence-corrected chi connectivity index (χ1v) is 11.9. The maximum Gasteiger partial charge on any atom is 0.269 e. The molecule has 172 valence electrons. The fourth-order valence-corrected chi connectivity index (χ4v) is 5.56. The Morgan fingerprint density at radius 2 is 1.79 bits per heavy atom. The second kappa shape index (κ2) is 9.06. The molecule has 0 bridgehead atoms. The summed E-state index contributed by atoms with van der Waals surface area (Å²) in [6.07, 6.45) is 5.69. The molecule has 2 aromatic carbocycles. The van der Waals surface area contributed by atoms with Gasteiger partial charge in [-0.25, -0.2) is 0 Å². The van der Waals surface area contributed by atoms with Gasteiger partial charge in [-0.1, -0.05) is 12.1 Å². The van der Waals surface area contributed by atoms with Crippen LogP contribution in [0.15, 0.2) is 36.4 Å². The van der Waals surface area contributed by atoms with Crippen molar-refractivity contribution in [1.29, 1.82) is 0 Å². The minimum absolute atomic E-state index is 0.140. The average molecular weight is 448 g/mol. The van der Waals surface area contributed by atoms with Gasteiger partial charge in [0.15, 0.2) is 5.78 Å². The third-order valence-corrected chi connectivity index (χ3v) is 7.39. The predicted molar refractivity (Wildman–Crippen MR) is 125 cm³/mol. The molecule has 5 rings (SSSR count). The number of benzene rings is 2. The van der Waals surface area contributed by atoms with Crippen molar-refractivity contribution in [3.05, 3.63) is 68.8 Å². The van der Waals surface area contributed by atoms with E-state index in [0.29, 0.717) is 18.8 Å². The Labute approximate surface area is 193 Å². The van der Waals surface area contributed by atoms with Crippen molar-refractivity contribution in [3.63, 3.8) is 0 Å². The van der Waals surface area contributed by atoms with E-state index in [-0.39, 0.29) is 22.3 Å². The number of carbonyl (C=O) groups is 2. The molecule has 3 heterocycles. The van der Waals surface area contributed by atoms with Crippen molar-refractivity contribution in [3.8, 4) is 0 Å². The third-order valence-electron chi connectivity index (χ3n) is 7.39. The lowest BCUT2D eigenvalue weighted by atomic mass is 9.89. The van der Waals surface area contributed by atoms with E-state index in [4.69, 9.17) is 0 Å². The molecule has 3 aliphatic heterocycles. The van der Waals surface area contributed by atoms with Crippen LogP contribution in [0.4, 0.5) is 11.4 Å². The number of anilines is 1. The standard InChI is InChI=1S/C26H29N3O4/c30-24(22-15-20-5-7-25(31)28-13-10-21(16-22)26(20)28)6-4-18-8-11-27(12-9-18)17-19-2-1-3-23(14-19)29(32)33/h1-3,14-16,18H,4-13,17H2. The topological polar surface area (TPSA) is 83.8 Å². The van der Waals surface area contributed by atoms with Crippen molar-refractivity contribution in [2.24, 2.45) is 5.92 Å². The number of aryl methyl sites for hydroxylation is 1. The van der Waals surface area contributed by atoms with E-state index < -0.39 is 0 Å². The van der Waals surface area contributed by atoms with Crippen molar-refractivity contribution in [2.75, 3.05) is 24.5 Å². The first kappa shape index (κ1) is 21.8. The van der Waals surface area contributed by atoms with Gasteiger partial charge >= 0.3 is 0 Å². The summed E-state index contributed by atoms with van der Waals surface area (Å²) in [6.45, 7) is 3.38. The van der Waals surface area contributed by atoms with Crippen LogP contribution in [0, 0.1) is 16.0 Å². The van der Waals surface area contributed by atoms with Crippen LogP contribution in [-0.2, 0) is 24.2 Å². The molecule has 0 spiro atoms. The molecule has 33 heavy (non-hydrogen) atoms. The number of Topliss-reactive ketones (excluding diaryl/α,β-unsaturated/α-hetero) is 1. The smallest absolute Gasteiger partial charge is 0.269 e. The molecule has 0 atom stereocenters. The Bertz CT molecular complexity index is 1100. The summed E-state index contributed by atoms with van der Waals surface area (Å²) in [5.41, 5.74) is 5.29. The van der Waals surface area contributed by atoms with E-state index in [1.165, 1.54) is 6.07 Å². The molecule has 0 aromatic heterocycles. The molecule has 1 fully saturated rings. The normalized spacial score (nSPS) is 18.4. The lowest BCUT2D eigenvalue weighted by Gasteiger charge is -2.32. The summed E-state index contributed by atoms with van der Waals surface area (Å²) in [4.78, 5) is 40.0. The summed E-state index contributed by atoms with van der Waals surface area (Å²) in [5, 5.41) is 11.0. The van der Waals surface area contributed by atoms with E-state index in [0.717, 1.165) is 86.2 Å². The average Bonchev–Trinajstić information content (AvgIpc) is 3.26. The van der Waals surface area contributed by atoms with Crippen LogP contribution in [0.2, 0.25) is 0 Å². The van der Waals surface area contributed by atoms with E-state index in [9.17, 15) is 19.7 Å². The Kier molecular flexibility index (Phi) is 5.98. The summed E-state index contributed by atoms with van der Waals surface area (Å²) in [7, 11) is 0. The van der Waals surface area contributed by atoms with E-state index in [2.05, 4.69) is 4.90 Å². The lowest BCUT2D eigenvalue weighted by molar-refractivity contribution is -0.384. The summed E-state index contributed by atoms with van der Waals surface area (Å²) >= 11 is 0. The number of carbonyl (C=O) groups excluding carboxylic acids is 2. The highest BCUT2D eigenvalue weighted by atomic mass is 16.6. The Hall–Kier alpha value is -3.06. The maximum atomic E-state index is 13.0. The number of ketones is 1. The van der Waals surface area contributed by atoms with Gasteiger partial charge in [0.2, 0.25) is 5.91 Å². The zero-order valence-electron chi connectivity index (χ0n) is 18.8. The van der Waals surface area contributed by atoms with E-state index >= 15 is 0 Å². The molecular formula is C26H29N3O4.